The smallest absolute Gasteiger partial charge is 0.397 e. The first-order chi connectivity index (χ1) is 28.8. The maximum Gasteiger partial charge on any atom is 0.416 e. The summed E-state index contributed by atoms with van der Waals surface area (Å²) in [6.45, 7) is 3.29. The molecule has 4 aromatic rings. The van der Waals surface area contributed by atoms with Gasteiger partial charge in [0.05, 0.1) is 43.7 Å². The summed E-state index contributed by atoms with van der Waals surface area (Å²) >= 11 is 0. The normalized spacial score (nSPS) is 22.0. The summed E-state index contributed by atoms with van der Waals surface area (Å²) in [5, 5.41) is 0. The molecule has 4 fully saturated rings. The van der Waals surface area contributed by atoms with Gasteiger partial charge in [-0.3, -0.25) is 4.72 Å². The van der Waals surface area contributed by atoms with Crippen LogP contribution in [-0.4, -0.2) is 43.0 Å². The number of benzene rings is 4. The summed E-state index contributed by atoms with van der Waals surface area (Å²) in [5.74, 6) is 2.64. The minimum Gasteiger partial charge on any atom is -0.397 e. The van der Waals surface area contributed by atoms with Gasteiger partial charge in [-0.2, -0.15) is 26.3 Å². The molecule has 0 bridgehead atoms. The number of hydrogen-bond acceptors (Lipinski definition) is 7. The SMILES string of the molecule is Nc1cc(C(F)(F)F)ccc1N1CC[C@@H]2CCCC[C@H]2C1.O=S(=O)(Cl)c1ccccc1.O=S(=O)(Nc1cc(C(F)(F)F)ccc1N1CC[C@@H]2CCCC[C@H]2C1)c1ccccc1. The lowest BCUT2D eigenvalue weighted by molar-refractivity contribution is -0.138. The van der Waals surface area contributed by atoms with Crippen LogP contribution in [0.25, 0.3) is 0 Å². The van der Waals surface area contributed by atoms with Gasteiger partial charge in [0, 0.05) is 36.9 Å². The van der Waals surface area contributed by atoms with E-state index in [4.69, 9.17) is 16.4 Å². The van der Waals surface area contributed by atoms with Crippen LogP contribution in [-0.2, 0) is 31.4 Å². The van der Waals surface area contributed by atoms with Crippen LogP contribution in [0, 0.1) is 23.7 Å². The number of fused-ring (bicyclic) bond motifs is 2. The van der Waals surface area contributed by atoms with Gasteiger partial charge in [-0.15, -0.1) is 0 Å². The average Bonchev–Trinajstić information content (AvgIpc) is 3.23. The quantitative estimate of drug-likeness (QED) is 0.113. The lowest BCUT2D eigenvalue weighted by Gasteiger charge is -2.42. The number of sulfonamides is 1. The summed E-state index contributed by atoms with van der Waals surface area (Å²) in [5.41, 5.74) is 5.81. The number of hydrogen-bond donors (Lipinski definition) is 2. The van der Waals surface area contributed by atoms with Crippen LogP contribution in [0.5, 0.6) is 0 Å². The molecular formula is C44H51ClF6N4O4S2. The van der Waals surface area contributed by atoms with Crippen molar-refractivity contribution >= 4 is 52.5 Å². The van der Waals surface area contributed by atoms with Crippen LogP contribution in [0.1, 0.15) is 75.3 Å². The fraction of sp³-hybridized carbons (Fsp3) is 0.455. The molecule has 4 aromatic carbocycles. The molecular weight excluding hydrogens is 862 g/mol. The first kappa shape index (κ1) is 46.4. The summed E-state index contributed by atoms with van der Waals surface area (Å²) in [6, 6.07) is 22.6. The number of piperidine rings is 2. The molecule has 332 valence electrons. The van der Waals surface area contributed by atoms with E-state index >= 15 is 0 Å². The monoisotopic (exact) mass is 912 g/mol. The van der Waals surface area contributed by atoms with Crippen molar-refractivity contribution in [2.75, 3.05) is 46.4 Å². The standard InChI is InChI=1S/C22H25F3N2O2S.C16H21F3N2.C6H5ClO2S/c23-22(24,25)18-10-11-21(27-13-12-16-6-4-5-7-17(16)15-27)20(14-18)26-30(28,29)19-8-2-1-3-9-19;17-16(18,19)13-5-6-15(14(20)9-13)21-8-7-11-3-1-2-4-12(11)10-21;7-10(8,9)6-4-2-1-3-5-6/h1-3,8-11,14,16-17,26H,4-7,12-13,15H2;5-6,9,11-12H,1-4,7-8,10,20H2;1-5H/t16-,17-;11-,12-;/m00./s1. The van der Waals surface area contributed by atoms with Crippen molar-refractivity contribution in [3.63, 3.8) is 0 Å². The van der Waals surface area contributed by atoms with Crippen LogP contribution < -0.4 is 20.3 Å². The van der Waals surface area contributed by atoms with Crippen molar-refractivity contribution in [2.24, 2.45) is 23.7 Å². The van der Waals surface area contributed by atoms with E-state index in [9.17, 15) is 43.2 Å². The van der Waals surface area contributed by atoms with E-state index in [1.165, 1.54) is 81.3 Å². The number of nitrogen functional groups attached to an aromatic ring is 1. The van der Waals surface area contributed by atoms with Crippen molar-refractivity contribution in [1.82, 2.24) is 0 Å². The highest BCUT2D eigenvalue weighted by Crippen LogP contribution is 2.43. The fourth-order valence-electron chi connectivity index (χ4n) is 9.11. The second kappa shape index (κ2) is 19.5. The molecule has 0 aromatic heterocycles. The van der Waals surface area contributed by atoms with Gasteiger partial charge in [-0.25, -0.2) is 16.8 Å². The zero-order valence-corrected chi connectivity index (χ0v) is 35.9. The number of nitrogens with zero attached hydrogens (tertiary/aromatic N) is 2. The molecule has 2 saturated heterocycles. The molecule has 17 heteroatoms. The van der Waals surface area contributed by atoms with Crippen molar-refractivity contribution < 1.29 is 43.2 Å². The molecule has 0 radical (unpaired) electrons. The number of nitrogens with one attached hydrogen (secondary N) is 1. The number of anilines is 4. The topological polar surface area (TPSA) is 113 Å². The molecule has 61 heavy (non-hydrogen) atoms. The van der Waals surface area contributed by atoms with Gasteiger partial charge in [0.15, 0.2) is 0 Å². The highest BCUT2D eigenvalue weighted by molar-refractivity contribution is 8.13. The first-order valence-corrected chi connectivity index (χ1v) is 24.3. The first-order valence-electron chi connectivity index (χ1n) is 20.5. The van der Waals surface area contributed by atoms with E-state index in [1.807, 2.05) is 4.90 Å². The van der Waals surface area contributed by atoms with E-state index in [2.05, 4.69) is 9.62 Å². The van der Waals surface area contributed by atoms with Gasteiger partial charge in [0.25, 0.3) is 19.1 Å². The van der Waals surface area contributed by atoms with E-state index in [0.717, 1.165) is 74.8 Å². The predicted molar refractivity (Wildman–Crippen MR) is 229 cm³/mol. The second-order valence-corrected chi connectivity index (χ2v) is 20.5. The van der Waals surface area contributed by atoms with Crippen LogP contribution in [0.2, 0.25) is 0 Å². The number of alkyl halides is 6. The maximum atomic E-state index is 13.3. The highest BCUT2D eigenvalue weighted by atomic mass is 35.7. The van der Waals surface area contributed by atoms with E-state index in [1.54, 1.807) is 36.4 Å². The summed E-state index contributed by atoms with van der Waals surface area (Å²) in [6.07, 6.45) is 3.11. The number of nitrogens with two attached hydrogens (primary N) is 1. The van der Waals surface area contributed by atoms with Gasteiger partial charge in [0.2, 0.25) is 0 Å². The van der Waals surface area contributed by atoms with E-state index in [0.29, 0.717) is 30.0 Å². The maximum absolute atomic E-state index is 13.3. The third-order valence-corrected chi connectivity index (χ3v) is 15.0. The van der Waals surface area contributed by atoms with Crippen LogP contribution >= 0.6 is 10.7 Å². The Bertz CT molecular complexity index is 2300. The number of halogens is 7. The zero-order chi connectivity index (χ0) is 44.0. The van der Waals surface area contributed by atoms with Crippen molar-refractivity contribution in [1.29, 1.82) is 0 Å². The Kier molecular flexibility index (Phi) is 14.8. The van der Waals surface area contributed by atoms with Crippen LogP contribution in [0.3, 0.4) is 0 Å². The van der Waals surface area contributed by atoms with E-state index < -0.39 is 42.6 Å². The lowest BCUT2D eigenvalue weighted by Crippen LogP contribution is -2.42. The largest absolute Gasteiger partial charge is 0.416 e. The molecule has 8 rings (SSSR count). The van der Waals surface area contributed by atoms with Crippen molar-refractivity contribution in [3.8, 4) is 0 Å². The minimum atomic E-state index is -4.55. The molecule has 4 atom stereocenters. The molecule has 3 N–H and O–H groups in total. The zero-order valence-electron chi connectivity index (χ0n) is 33.5. The molecule has 2 aliphatic carbocycles. The summed E-state index contributed by atoms with van der Waals surface area (Å²) in [4.78, 5) is 4.35. The highest BCUT2D eigenvalue weighted by Gasteiger charge is 2.36. The van der Waals surface area contributed by atoms with Crippen LogP contribution in [0.15, 0.2) is 107 Å². The third-order valence-electron chi connectivity index (χ3n) is 12.3. The lowest BCUT2D eigenvalue weighted by atomic mass is 9.75. The molecule has 0 unspecified atom stereocenters. The van der Waals surface area contributed by atoms with Gasteiger partial charge in [0.1, 0.15) is 0 Å². The average molecular weight is 913 g/mol. The van der Waals surface area contributed by atoms with Gasteiger partial charge < -0.3 is 15.5 Å². The Morgan fingerprint density at radius 2 is 0.984 bits per heavy atom. The summed E-state index contributed by atoms with van der Waals surface area (Å²) in [7, 11) is -2.50. The Morgan fingerprint density at radius 1 is 0.557 bits per heavy atom. The number of rotatable bonds is 6. The molecule has 4 aliphatic rings. The van der Waals surface area contributed by atoms with Crippen LogP contribution in [0.4, 0.5) is 49.1 Å². The third kappa shape index (κ3) is 12.3. The minimum absolute atomic E-state index is 0.0133. The Morgan fingerprint density at radius 3 is 1.43 bits per heavy atom. The molecule has 0 spiro atoms. The molecule has 0 amide bonds. The predicted octanol–water partition coefficient (Wildman–Crippen LogP) is 11.4. The second-order valence-electron chi connectivity index (χ2n) is 16.2. The van der Waals surface area contributed by atoms with E-state index in [-0.39, 0.29) is 21.2 Å². The molecule has 8 nitrogen and oxygen atoms in total. The molecule has 2 saturated carbocycles. The van der Waals surface area contributed by atoms with Gasteiger partial charge in [-0.05, 0) is 110 Å². The summed E-state index contributed by atoms with van der Waals surface area (Å²) < 4.78 is 127. The Labute approximate surface area is 358 Å². The Balaban J connectivity index is 0.000000173. The van der Waals surface area contributed by atoms with Crippen molar-refractivity contribution in [3.05, 3.63) is 108 Å². The van der Waals surface area contributed by atoms with Gasteiger partial charge in [-0.1, -0.05) is 74.9 Å². The molecule has 2 heterocycles. The van der Waals surface area contributed by atoms with Crippen molar-refractivity contribution in [2.45, 2.75) is 86.4 Å². The molecule has 2 aliphatic heterocycles. The van der Waals surface area contributed by atoms with Gasteiger partial charge >= 0.3 is 12.4 Å². The Hall–Kier alpha value is -4.15. The fourth-order valence-corrected chi connectivity index (χ4v) is 11.0.